The van der Waals surface area contributed by atoms with Gasteiger partial charge in [-0.2, -0.15) is 13.8 Å². The maximum Gasteiger partial charge on any atom is 0.324 e. The second-order valence-corrected chi connectivity index (χ2v) is 10.3. The largest absolute Gasteiger partial charge is 0.351 e. The minimum absolute atomic E-state index is 0. The summed E-state index contributed by atoms with van der Waals surface area (Å²) in [6.45, 7) is 8.68. The van der Waals surface area contributed by atoms with Gasteiger partial charge in [0.2, 0.25) is 11.7 Å². The lowest BCUT2D eigenvalue weighted by atomic mass is 9.90. The van der Waals surface area contributed by atoms with Gasteiger partial charge in [-0.25, -0.2) is 0 Å². The lowest BCUT2D eigenvalue weighted by Gasteiger charge is -2.44. The molecule has 0 aliphatic carbocycles. The van der Waals surface area contributed by atoms with Gasteiger partial charge in [0.1, 0.15) is 0 Å². The second-order valence-electron chi connectivity index (χ2n) is 10.3. The van der Waals surface area contributed by atoms with Crippen molar-refractivity contribution in [1.82, 2.24) is 20.4 Å². The summed E-state index contributed by atoms with van der Waals surface area (Å²) in [6, 6.07) is 1.18. The predicted octanol–water partition coefficient (Wildman–Crippen LogP) is 3.94. The standard InChI is InChI=1S/C21H33F2N5O2.CH4/c1-20(2,3)25-17(29)13-7-9-27(10-8-13)16-11-14-5-6-15(12-16)28(14)19-24-18(26-30-19)21(4,22)23;/h13-16H,5-12H2,1-4H3,(H,25,29);1H4. The van der Waals surface area contributed by atoms with Gasteiger partial charge in [-0.15, -0.1) is 0 Å². The van der Waals surface area contributed by atoms with Crippen molar-refractivity contribution in [1.29, 1.82) is 0 Å². The highest BCUT2D eigenvalue weighted by Crippen LogP contribution is 2.41. The first-order chi connectivity index (χ1) is 14.0. The number of nitrogens with one attached hydrogen (secondary N) is 1. The molecule has 176 valence electrons. The Labute approximate surface area is 183 Å². The highest BCUT2D eigenvalue weighted by Gasteiger charge is 2.46. The molecule has 1 N–H and O–H groups in total. The summed E-state index contributed by atoms with van der Waals surface area (Å²) in [5, 5.41) is 6.60. The van der Waals surface area contributed by atoms with Crippen LogP contribution >= 0.6 is 0 Å². The summed E-state index contributed by atoms with van der Waals surface area (Å²) in [6.07, 6.45) is 5.75. The fourth-order valence-electron chi connectivity index (χ4n) is 5.26. The number of alkyl halides is 2. The van der Waals surface area contributed by atoms with Crippen LogP contribution in [0.1, 0.15) is 79.5 Å². The average molecular weight is 442 g/mol. The number of hydrogen-bond donors (Lipinski definition) is 1. The number of amides is 1. The van der Waals surface area contributed by atoms with E-state index in [4.69, 9.17) is 4.52 Å². The van der Waals surface area contributed by atoms with Crippen molar-refractivity contribution >= 4 is 11.9 Å². The van der Waals surface area contributed by atoms with Gasteiger partial charge >= 0.3 is 11.9 Å². The fraction of sp³-hybridized carbons (Fsp3) is 0.864. The van der Waals surface area contributed by atoms with Gasteiger partial charge in [-0.1, -0.05) is 12.6 Å². The van der Waals surface area contributed by atoms with Gasteiger partial charge in [0.25, 0.3) is 0 Å². The molecule has 0 saturated carbocycles. The molecule has 1 aromatic rings. The van der Waals surface area contributed by atoms with Crippen LogP contribution in [-0.2, 0) is 10.7 Å². The molecule has 2 bridgehead atoms. The smallest absolute Gasteiger partial charge is 0.324 e. The van der Waals surface area contributed by atoms with Crippen LogP contribution < -0.4 is 10.2 Å². The minimum Gasteiger partial charge on any atom is -0.351 e. The molecule has 1 amide bonds. The van der Waals surface area contributed by atoms with E-state index in [1.165, 1.54) is 0 Å². The molecule has 9 heteroatoms. The van der Waals surface area contributed by atoms with Gasteiger partial charge in [-0.3, -0.25) is 4.79 Å². The zero-order valence-corrected chi connectivity index (χ0v) is 18.3. The number of halogens is 2. The van der Waals surface area contributed by atoms with E-state index in [0.29, 0.717) is 6.04 Å². The lowest BCUT2D eigenvalue weighted by molar-refractivity contribution is -0.128. The van der Waals surface area contributed by atoms with E-state index in [9.17, 15) is 13.6 Å². The predicted molar refractivity (Wildman–Crippen MR) is 115 cm³/mol. The van der Waals surface area contributed by atoms with Crippen LogP contribution in [0, 0.1) is 5.92 Å². The van der Waals surface area contributed by atoms with E-state index in [0.717, 1.165) is 58.5 Å². The first kappa shape index (κ1) is 23.9. The molecule has 31 heavy (non-hydrogen) atoms. The highest BCUT2D eigenvalue weighted by molar-refractivity contribution is 5.79. The van der Waals surface area contributed by atoms with E-state index >= 15 is 0 Å². The number of carbonyl (C=O) groups is 1. The third kappa shape index (κ3) is 5.18. The Balaban J connectivity index is 0.00000272. The summed E-state index contributed by atoms with van der Waals surface area (Å²) in [7, 11) is 0. The molecule has 7 nitrogen and oxygen atoms in total. The SMILES string of the molecule is C.CC(C)(C)NC(=O)C1CCN(C2CC3CCC(C2)N3c2nc(C(C)(F)F)no2)CC1. The molecule has 3 aliphatic rings. The summed E-state index contributed by atoms with van der Waals surface area (Å²) in [5.41, 5.74) is -0.198. The Kier molecular flexibility index (Phi) is 6.65. The topological polar surface area (TPSA) is 74.5 Å². The van der Waals surface area contributed by atoms with Crippen LogP contribution in [0.5, 0.6) is 0 Å². The molecule has 1 aromatic heterocycles. The van der Waals surface area contributed by atoms with Crippen molar-refractivity contribution < 1.29 is 18.1 Å². The fourth-order valence-corrected chi connectivity index (χ4v) is 5.26. The van der Waals surface area contributed by atoms with Gasteiger partial charge < -0.3 is 19.6 Å². The summed E-state index contributed by atoms with van der Waals surface area (Å²) in [4.78, 5) is 21.0. The Morgan fingerprint density at radius 3 is 2.10 bits per heavy atom. The zero-order chi connectivity index (χ0) is 21.7. The summed E-state index contributed by atoms with van der Waals surface area (Å²) in [5.74, 6) is -3.39. The third-order valence-electron chi connectivity index (χ3n) is 6.65. The van der Waals surface area contributed by atoms with Crippen molar-refractivity contribution in [3.8, 4) is 0 Å². The molecule has 3 fully saturated rings. The molecule has 0 aromatic carbocycles. The zero-order valence-electron chi connectivity index (χ0n) is 18.3. The molecule has 2 unspecified atom stereocenters. The Morgan fingerprint density at radius 1 is 1.03 bits per heavy atom. The van der Waals surface area contributed by atoms with E-state index in [-0.39, 0.29) is 42.9 Å². The molecule has 0 spiro atoms. The van der Waals surface area contributed by atoms with Crippen LogP contribution in [0.25, 0.3) is 0 Å². The molecule has 3 saturated heterocycles. The van der Waals surface area contributed by atoms with Gasteiger partial charge in [0, 0.05) is 36.5 Å². The van der Waals surface area contributed by atoms with Crippen LogP contribution in [-0.4, -0.2) is 57.7 Å². The molecular formula is C22H37F2N5O2. The maximum absolute atomic E-state index is 13.5. The average Bonchev–Trinajstić information content (AvgIpc) is 3.22. The first-order valence-electron chi connectivity index (χ1n) is 11.1. The number of fused-ring (bicyclic) bond motifs is 2. The summed E-state index contributed by atoms with van der Waals surface area (Å²) < 4.78 is 32.2. The van der Waals surface area contributed by atoms with Gasteiger partial charge in [-0.05, 0) is 72.4 Å². The molecule has 3 aliphatic heterocycles. The second kappa shape index (κ2) is 8.64. The number of nitrogens with zero attached hydrogens (tertiary/aromatic N) is 4. The minimum atomic E-state index is -3.09. The normalized spacial score (nSPS) is 27.8. The Hall–Kier alpha value is -1.77. The van der Waals surface area contributed by atoms with Crippen LogP contribution in [0.2, 0.25) is 0 Å². The van der Waals surface area contributed by atoms with Crippen molar-refractivity contribution in [2.75, 3.05) is 18.0 Å². The molecule has 4 rings (SSSR count). The Morgan fingerprint density at radius 2 is 1.61 bits per heavy atom. The molecule has 4 heterocycles. The number of likely N-dealkylation sites (tertiary alicyclic amines) is 1. The third-order valence-corrected chi connectivity index (χ3v) is 6.65. The van der Waals surface area contributed by atoms with E-state index in [1.54, 1.807) is 0 Å². The number of piperidine rings is 2. The number of carbonyl (C=O) groups excluding carboxylic acids is 1. The number of aromatic nitrogens is 2. The monoisotopic (exact) mass is 441 g/mol. The van der Waals surface area contributed by atoms with Crippen LogP contribution in [0.3, 0.4) is 0 Å². The van der Waals surface area contributed by atoms with Gasteiger partial charge in [0.05, 0.1) is 0 Å². The maximum atomic E-state index is 13.5. The van der Waals surface area contributed by atoms with Crippen molar-refractivity contribution in [2.45, 2.75) is 103 Å². The van der Waals surface area contributed by atoms with Crippen LogP contribution in [0.15, 0.2) is 4.52 Å². The first-order valence-corrected chi connectivity index (χ1v) is 11.1. The number of rotatable bonds is 4. The number of anilines is 1. The lowest BCUT2D eigenvalue weighted by Crippen LogP contribution is -2.53. The van der Waals surface area contributed by atoms with Crippen LogP contribution in [0.4, 0.5) is 14.8 Å². The van der Waals surface area contributed by atoms with Gasteiger partial charge in [0.15, 0.2) is 0 Å². The van der Waals surface area contributed by atoms with E-state index in [1.807, 2.05) is 20.8 Å². The van der Waals surface area contributed by atoms with E-state index in [2.05, 4.69) is 25.3 Å². The quantitative estimate of drug-likeness (QED) is 0.763. The van der Waals surface area contributed by atoms with Crippen molar-refractivity contribution in [2.24, 2.45) is 5.92 Å². The highest BCUT2D eigenvalue weighted by atomic mass is 19.3. The van der Waals surface area contributed by atoms with Crippen molar-refractivity contribution in [3.05, 3.63) is 5.82 Å². The Bertz CT molecular complexity index is 751. The summed E-state index contributed by atoms with van der Waals surface area (Å²) >= 11 is 0. The molecule has 2 atom stereocenters. The van der Waals surface area contributed by atoms with E-state index < -0.39 is 11.7 Å². The molecular weight excluding hydrogens is 404 g/mol. The number of hydrogen-bond acceptors (Lipinski definition) is 6. The molecule has 0 radical (unpaired) electrons. The van der Waals surface area contributed by atoms with Crippen molar-refractivity contribution in [3.63, 3.8) is 0 Å².